The average molecular weight is 375 g/mol. The van der Waals surface area contributed by atoms with E-state index in [4.69, 9.17) is 0 Å². The number of nitrogens with zero attached hydrogens (tertiary/aromatic N) is 2. The maximum Gasteiger partial charge on any atom is 0.275 e. The van der Waals surface area contributed by atoms with Crippen LogP contribution in [0.15, 0.2) is 59.5 Å². The molecule has 5 nitrogen and oxygen atoms in total. The number of carbonyl (C=O) groups excluding carboxylic acids is 1. The van der Waals surface area contributed by atoms with Gasteiger partial charge in [-0.1, -0.05) is 56.3 Å². The van der Waals surface area contributed by atoms with E-state index in [1.165, 1.54) is 15.8 Å². The van der Waals surface area contributed by atoms with E-state index in [-0.39, 0.29) is 24.1 Å². The smallest absolute Gasteiger partial charge is 0.275 e. The first-order valence-corrected chi connectivity index (χ1v) is 9.86. The number of aryl methyl sites for hydroxylation is 1. The summed E-state index contributed by atoms with van der Waals surface area (Å²) in [4.78, 5) is 25.5. The van der Waals surface area contributed by atoms with E-state index in [0.717, 1.165) is 18.2 Å². The monoisotopic (exact) mass is 375 g/mol. The van der Waals surface area contributed by atoms with Crippen LogP contribution in [-0.4, -0.2) is 15.7 Å². The number of nitrogens with one attached hydrogen (secondary N) is 1. The van der Waals surface area contributed by atoms with Crippen molar-refractivity contribution in [1.82, 2.24) is 15.1 Å². The van der Waals surface area contributed by atoms with Gasteiger partial charge in [0.25, 0.3) is 5.56 Å². The van der Waals surface area contributed by atoms with Crippen molar-refractivity contribution in [2.24, 2.45) is 11.8 Å². The third-order valence-electron chi connectivity index (χ3n) is 5.79. The van der Waals surface area contributed by atoms with Crippen LogP contribution < -0.4 is 10.9 Å². The molecule has 0 fully saturated rings. The van der Waals surface area contributed by atoms with Crippen molar-refractivity contribution in [2.75, 3.05) is 0 Å². The molecule has 1 aliphatic carbocycles. The first kappa shape index (κ1) is 18.4. The molecule has 0 aliphatic heterocycles. The molecule has 0 bridgehead atoms. The van der Waals surface area contributed by atoms with Crippen molar-refractivity contribution in [3.63, 3.8) is 0 Å². The Morgan fingerprint density at radius 2 is 1.93 bits per heavy atom. The Kier molecular flexibility index (Phi) is 4.99. The zero-order chi connectivity index (χ0) is 19.7. The first-order valence-electron chi connectivity index (χ1n) is 9.86. The molecule has 0 saturated heterocycles. The molecule has 3 aromatic rings. The summed E-state index contributed by atoms with van der Waals surface area (Å²) in [5.41, 5.74) is 2.25. The number of amides is 1. The maximum absolute atomic E-state index is 12.8. The number of hydrogen-bond acceptors (Lipinski definition) is 3. The van der Waals surface area contributed by atoms with Gasteiger partial charge in [-0.25, -0.2) is 4.68 Å². The molecular weight excluding hydrogens is 350 g/mol. The largest absolute Gasteiger partial charge is 0.347 e. The number of rotatable bonds is 4. The highest BCUT2D eigenvalue weighted by molar-refractivity contribution is 5.81. The van der Waals surface area contributed by atoms with E-state index in [1.807, 2.05) is 30.3 Å². The Morgan fingerprint density at radius 3 is 2.75 bits per heavy atom. The van der Waals surface area contributed by atoms with Crippen molar-refractivity contribution >= 4 is 16.7 Å². The lowest BCUT2D eigenvalue weighted by atomic mass is 9.74. The van der Waals surface area contributed by atoms with Crippen LogP contribution in [0, 0.1) is 11.8 Å². The lowest BCUT2D eigenvalue weighted by Gasteiger charge is -2.36. The van der Waals surface area contributed by atoms with Crippen molar-refractivity contribution in [3.05, 3.63) is 76.2 Å². The standard InChI is InChI=1S/C23H25N3O2/c1-15(2)18-12-11-16-7-3-5-9-19(16)22(18)25-21(27)14-26-23(28)20-10-6-4-8-17(20)13-24-26/h3-10,13,15,18,22H,11-12,14H2,1-2H3,(H,25,27)/t18-,22-/m1/s1. The van der Waals surface area contributed by atoms with E-state index in [1.54, 1.807) is 12.3 Å². The third kappa shape index (κ3) is 3.44. The van der Waals surface area contributed by atoms with Crippen LogP contribution in [0.3, 0.4) is 0 Å². The fraction of sp³-hybridized carbons (Fsp3) is 0.348. The molecule has 0 saturated carbocycles. The molecule has 1 N–H and O–H groups in total. The zero-order valence-corrected chi connectivity index (χ0v) is 16.3. The molecule has 28 heavy (non-hydrogen) atoms. The van der Waals surface area contributed by atoms with Crippen LogP contribution in [0.4, 0.5) is 0 Å². The summed E-state index contributed by atoms with van der Waals surface area (Å²) >= 11 is 0. The van der Waals surface area contributed by atoms with Crippen LogP contribution in [-0.2, 0) is 17.8 Å². The summed E-state index contributed by atoms with van der Waals surface area (Å²) in [6.45, 7) is 4.33. The van der Waals surface area contributed by atoms with Gasteiger partial charge in [0.1, 0.15) is 6.54 Å². The van der Waals surface area contributed by atoms with Gasteiger partial charge in [-0.2, -0.15) is 5.10 Å². The molecule has 0 unspecified atom stereocenters. The van der Waals surface area contributed by atoms with Crippen LogP contribution in [0.5, 0.6) is 0 Å². The fourth-order valence-electron chi connectivity index (χ4n) is 4.28. The zero-order valence-electron chi connectivity index (χ0n) is 16.3. The fourth-order valence-corrected chi connectivity index (χ4v) is 4.28. The summed E-state index contributed by atoms with van der Waals surface area (Å²) in [6.07, 6.45) is 3.72. The van der Waals surface area contributed by atoms with Gasteiger partial charge in [0, 0.05) is 5.39 Å². The summed E-state index contributed by atoms with van der Waals surface area (Å²) in [5, 5.41) is 8.73. The minimum absolute atomic E-state index is 0.0337. The number of carbonyl (C=O) groups is 1. The predicted molar refractivity (Wildman–Crippen MR) is 110 cm³/mol. The van der Waals surface area contributed by atoms with Gasteiger partial charge in [-0.05, 0) is 41.9 Å². The minimum atomic E-state index is -0.238. The Bertz CT molecular complexity index is 1070. The minimum Gasteiger partial charge on any atom is -0.347 e. The number of fused-ring (bicyclic) bond motifs is 2. The van der Waals surface area contributed by atoms with Gasteiger partial charge in [0.2, 0.25) is 5.91 Å². The molecule has 144 valence electrons. The third-order valence-corrected chi connectivity index (χ3v) is 5.79. The summed E-state index contributed by atoms with van der Waals surface area (Å²) < 4.78 is 1.25. The van der Waals surface area contributed by atoms with Crippen LogP contribution in [0.25, 0.3) is 10.8 Å². The second kappa shape index (κ2) is 7.58. The van der Waals surface area contributed by atoms with E-state index in [0.29, 0.717) is 17.2 Å². The molecule has 2 atom stereocenters. The van der Waals surface area contributed by atoms with E-state index < -0.39 is 0 Å². The molecule has 0 spiro atoms. The van der Waals surface area contributed by atoms with E-state index in [9.17, 15) is 9.59 Å². The lowest BCUT2D eigenvalue weighted by molar-refractivity contribution is -0.123. The van der Waals surface area contributed by atoms with Crippen LogP contribution in [0.2, 0.25) is 0 Å². The normalized spacial score (nSPS) is 18.8. The predicted octanol–water partition coefficient (Wildman–Crippen LogP) is 3.47. The summed E-state index contributed by atoms with van der Waals surface area (Å²) in [7, 11) is 0. The quantitative estimate of drug-likeness (QED) is 0.759. The highest BCUT2D eigenvalue weighted by Gasteiger charge is 2.32. The topological polar surface area (TPSA) is 64.0 Å². The number of benzene rings is 2. The number of aromatic nitrogens is 2. The van der Waals surface area contributed by atoms with Crippen LogP contribution in [0.1, 0.15) is 37.4 Å². The molecule has 4 rings (SSSR count). The number of hydrogen-bond donors (Lipinski definition) is 1. The van der Waals surface area contributed by atoms with Gasteiger partial charge in [0.05, 0.1) is 17.6 Å². The molecule has 5 heteroatoms. The lowest BCUT2D eigenvalue weighted by Crippen LogP contribution is -2.41. The molecule has 0 radical (unpaired) electrons. The van der Waals surface area contributed by atoms with Gasteiger partial charge >= 0.3 is 0 Å². The van der Waals surface area contributed by atoms with Crippen molar-refractivity contribution in [2.45, 2.75) is 39.3 Å². The van der Waals surface area contributed by atoms with Gasteiger partial charge in [-0.3, -0.25) is 9.59 Å². The van der Waals surface area contributed by atoms with Gasteiger partial charge in [0.15, 0.2) is 0 Å². The van der Waals surface area contributed by atoms with E-state index in [2.05, 4.69) is 36.4 Å². The average Bonchev–Trinajstić information content (AvgIpc) is 2.70. The SMILES string of the molecule is CC(C)[C@H]1CCc2ccccc2[C@@H]1NC(=O)Cn1ncc2ccccc2c1=O. The Morgan fingerprint density at radius 1 is 1.18 bits per heavy atom. The summed E-state index contributed by atoms with van der Waals surface area (Å²) in [6, 6.07) is 15.6. The van der Waals surface area contributed by atoms with E-state index >= 15 is 0 Å². The van der Waals surface area contributed by atoms with Gasteiger partial charge in [-0.15, -0.1) is 0 Å². The van der Waals surface area contributed by atoms with Crippen molar-refractivity contribution < 1.29 is 4.79 Å². The Labute approximate surface area is 164 Å². The molecule has 2 aromatic carbocycles. The highest BCUT2D eigenvalue weighted by Crippen LogP contribution is 2.38. The Balaban J connectivity index is 1.59. The van der Waals surface area contributed by atoms with Gasteiger partial charge < -0.3 is 5.32 Å². The highest BCUT2D eigenvalue weighted by atomic mass is 16.2. The Hall–Kier alpha value is -2.95. The molecule has 1 aliphatic rings. The van der Waals surface area contributed by atoms with Crippen molar-refractivity contribution in [3.8, 4) is 0 Å². The maximum atomic E-state index is 12.8. The summed E-state index contributed by atoms with van der Waals surface area (Å²) in [5.74, 6) is 0.651. The molecule has 1 heterocycles. The first-order chi connectivity index (χ1) is 13.5. The second-order valence-corrected chi connectivity index (χ2v) is 7.89. The van der Waals surface area contributed by atoms with Crippen LogP contribution >= 0.6 is 0 Å². The molecular formula is C23H25N3O2. The second-order valence-electron chi connectivity index (χ2n) is 7.89. The molecule has 1 aromatic heterocycles. The van der Waals surface area contributed by atoms with Crippen molar-refractivity contribution in [1.29, 1.82) is 0 Å². The molecule has 1 amide bonds.